The number of rotatable bonds is 6. The summed E-state index contributed by atoms with van der Waals surface area (Å²) in [6.07, 6.45) is 9.45. The highest BCUT2D eigenvalue weighted by atomic mass is 16.2. The highest BCUT2D eigenvalue weighted by Gasteiger charge is 2.28. The van der Waals surface area contributed by atoms with Crippen molar-refractivity contribution in [1.82, 2.24) is 20.4 Å². The number of nitrogens with zero attached hydrogens (tertiary/aromatic N) is 3. The molecular formula is C20H35N5O2. The number of imide groups is 1. The first-order valence-corrected chi connectivity index (χ1v) is 10.8. The Balaban J connectivity index is 1.45. The number of hydrogen-bond acceptors (Lipinski definition) is 4. The zero-order chi connectivity index (χ0) is 19.1. The topological polar surface area (TPSA) is 77.0 Å². The number of carbonyl (C=O) groups is 2. The third-order valence-corrected chi connectivity index (χ3v) is 6.03. The fourth-order valence-corrected chi connectivity index (χ4v) is 4.50. The van der Waals surface area contributed by atoms with E-state index in [1.807, 2.05) is 0 Å². The summed E-state index contributed by atoms with van der Waals surface area (Å²) in [4.78, 5) is 32.4. The lowest BCUT2D eigenvalue weighted by Crippen LogP contribution is -2.50. The molecule has 0 radical (unpaired) electrons. The summed E-state index contributed by atoms with van der Waals surface area (Å²) in [5.74, 6) is 0.686. The molecule has 0 spiro atoms. The molecule has 0 aromatic rings. The standard InChI is InChI=1S/C20H35N5O2/c1-2-21-20(22-12-15-25-18(26)8-5-9-19(25)27)23-16-10-13-24(14-11-16)17-6-3-4-7-17/h16-17H,2-15H2,1H3,(H2,21,22,23). The lowest BCUT2D eigenvalue weighted by molar-refractivity contribution is -0.147. The smallest absolute Gasteiger partial charge is 0.229 e. The lowest BCUT2D eigenvalue weighted by Gasteiger charge is -2.36. The maximum atomic E-state index is 11.9. The Morgan fingerprint density at radius 3 is 2.33 bits per heavy atom. The summed E-state index contributed by atoms with van der Waals surface area (Å²) >= 11 is 0. The minimum Gasteiger partial charge on any atom is -0.357 e. The van der Waals surface area contributed by atoms with Gasteiger partial charge in [0.2, 0.25) is 11.8 Å². The van der Waals surface area contributed by atoms with Gasteiger partial charge in [-0.3, -0.25) is 19.5 Å². The molecule has 2 aliphatic heterocycles. The Morgan fingerprint density at radius 1 is 1.04 bits per heavy atom. The van der Waals surface area contributed by atoms with Crippen LogP contribution in [0.5, 0.6) is 0 Å². The second kappa shape index (κ2) is 10.1. The predicted molar refractivity (Wildman–Crippen MR) is 107 cm³/mol. The summed E-state index contributed by atoms with van der Waals surface area (Å²) in [7, 11) is 0. The molecule has 0 bridgehead atoms. The third-order valence-electron chi connectivity index (χ3n) is 6.03. The first-order valence-electron chi connectivity index (χ1n) is 10.8. The summed E-state index contributed by atoms with van der Waals surface area (Å²) in [6.45, 7) is 6.02. The molecule has 0 aromatic heterocycles. The van der Waals surface area contributed by atoms with E-state index in [1.54, 1.807) is 0 Å². The van der Waals surface area contributed by atoms with Crippen molar-refractivity contribution in [2.45, 2.75) is 76.8 Å². The van der Waals surface area contributed by atoms with Crippen molar-refractivity contribution in [3.05, 3.63) is 0 Å². The molecular weight excluding hydrogens is 342 g/mol. The van der Waals surface area contributed by atoms with Crippen molar-refractivity contribution in [3.63, 3.8) is 0 Å². The van der Waals surface area contributed by atoms with E-state index in [-0.39, 0.29) is 11.8 Å². The number of likely N-dealkylation sites (tertiary alicyclic amines) is 2. The summed E-state index contributed by atoms with van der Waals surface area (Å²) in [6, 6.07) is 1.26. The van der Waals surface area contributed by atoms with E-state index in [9.17, 15) is 9.59 Å². The van der Waals surface area contributed by atoms with Crippen LogP contribution < -0.4 is 10.6 Å². The second-order valence-electron chi connectivity index (χ2n) is 7.95. The molecule has 27 heavy (non-hydrogen) atoms. The van der Waals surface area contributed by atoms with Crippen LogP contribution in [0.1, 0.15) is 64.7 Å². The highest BCUT2D eigenvalue weighted by molar-refractivity contribution is 5.97. The van der Waals surface area contributed by atoms with Gasteiger partial charge in [-0.25, -0.2) is 0 Å². The molecule has 2 amide bonds. The maximum absolute atomic E-state index is 11.9. The van der Waals surface area contributed by atoms with Crippen LogP contribution in [0, 0.1) is 0 Å². The summed E-state index contributed by atoms with van der Waals surface area (Å²) in [5.41, 5.74) is 0. The van der Waals surface area contributed by atoms with Gasteiger partial charge in [0.05, 0.1) is 6.54 Å². The van der Waals surface area contributed by atoms with Crippen LogP contribution in [0.15, 0.2) is 4.99 Å². The molecule has 1 saturated carbocycles. The van der Waals surface area contributed by atoms with Crippen molar-refractivity contribution < 1.29 is 9.59 Å². The Bertz CT molecular complexity index is 520. The number of amides is 2. The van der Waals surface area contributed by atoms with Gasteiger partial charge in [0.1, 0.15) is 0 Å². The molecule has 7 nitrogen and oxygen atoms in total. The van der Waals surface area contributed by atoms with E-state index >= 15 is 0 Å². The lowest BCUT2D eigenvalue weighted by atomic mass is 10.0. The fraction of sp³-hybridized carbons (Fsp3) is 0.850. The normalized spacial score (nSPS) is 23.9. The average Bonchev–Trinajstić information content (AvgIpc) is 3.19. The van der Waals surface area contributed by atoms with Gasteiger partial charge in [-0.05, 0) is 39.0 Å². The quantitative estimate of drug-likeness (QED) is 0.417. The minimum atomic E-state index is -0.0568. The molecule has 2 N–H and O–H groups in total. The van der Waals surface area contributed by atoms with Crippen LogP contribution in [0.3, 0.4) is 0 Å². The predicted octanol–water partition coefficient (Wildman–Crippen LogP) is 1.49. The van der Waals surface area contributed by atoms with E-state index in [0.717, 1.165) is 31.4 Å². The fourth-order valence-electron chi connectivity index (χ4n) is 4.50. The number of piperidine rings is 2. The van der Waals surface area contributed by atoms with E-state index in [1.165, 1.54) is 43.7 Å². The molecule has 0 unspecified atom stereocenters. The van der Waals surface area contributed by atoms with Gasteiger partial charge >= 0.3 is 0 Å². The first kappa shape index (κ1) is 20.1. The van der Waals surface area contributed by atoms with Crippen LogP contribution >= 0.6 is 0 Å². The van der Waals surface area contributed by atoms with Gasteiger partial charge in [-0.1, -0.05) is 12.8 Å². The van der Waals surface area contributed by atoms with E-state index in [0.29, 0.717) is 38.4 Å². The van der Waals surface area contributed by atoms with Gasteiger partial charge in [-0.15, -0.1) is 0 Å². The second-order valence-corrected chi connectivity index (χ2v) is 7.95. The van der Waals surface area contributed by atoms with Crippen LogP contribution in [0.25, 0.3) is 0 Å². The molecule has 2 saturated heterocycles. The largest absolute Gasteiger partial charge is 0.357 e. The molecule has 3 rings (SSSR count). The van der Waals surface area contributed by atoms with E-state index in [4.69, 9.17) is 0 Å². The van der Waals surface area contributed by atoms with Crippen LogP contribution in [0.4, 0.5) is 0 Å². The number of hydrogen-bond donors (Lipinski definition) is 2. The van der Waals surface area contributed by atoms with Gasteiger partial charge < -0.3 is 15.5 Å². The maximum Gasteiger partial charge on any atom is 0.229 e. The summed E-state index contributed by atoms with van der Waals surface area (Å²) < 4.78 is 0. The average molecular weight is 378 g/mol. The zero-order valence-electron chi connectivity index (χ0n) is 16.7. The SMILES string of the molecule is CCNC(=NCCN1C(=O)CCCC1=O)NC1CCN(C2CCCC2)CC1. The Hall–Kier alpha value is -1.63. The van der Waals surface area contributed by atoms with E-state index < -0.39 is 0 Å². The first-order chi connectivity index (χ1) is 13.2. The van der Waals surface area contributed by atoms with Gasteiger partial charge in [0.25, 0.3) is 0 Å². The van der Waals surface area contributed by atoms with Crippen molar-refractivity contribution in [1.29, 1.82) is 0 Å². The Labute approximate surface area is 162 Å². The molecule has 2 heterocycles. The van der Waals surface area contributed by atoms with Crippen molar-refractivity contribution in [2.75, 3.05) is 32.7 Å². The number of aliphatic imine (C=N–C) groups is 1. The van der Waals surface area contributed by atoms with Crippen molar-refractivity contribution in [2.24, 2.45) is 4.99 Å². The van der Waals surface area contributed by atoms with Crippen LogP contribution in [-0.2, 0) is 9.59 Å². The molecule has 7 heteroatoms. The third kappa shape index (κ3) is 5.67. The van der Waals surface area contributed by atoms with Crippen LogP contribution in [-0.4, -0.2) is 72.4 Å². The molecule has 3 aliphatic rings. The zero-order valence-corrected chi connectivity index (χ0v) is 16.7. The number of guanidine groups is 1. The van der Waals surface area contributed by atoms with E-state index in [2.05, 4.69) is 27.4 Å². The van der Waals surface area contributed by atoms with Gasteiger partial charge in [0.15, 0.2) is 5.96 Å². The molecule has 3 fully saturated rings. The molecule has 152 valence electrons. The Morgan fingerprint density at radius 2 is 1.70 bits per heavy atom. The van der Waals surface area contributed by atoms with Gasteiger partial charge in [0, 0.05) is 51.1 Å². The summed E-state index contributed by atoms with van der Waals surface area (Å²) in [5, 5.41) is 6.85. The number of carbonyl (C=O) groups excluding carboxylic acids is 2. The Kier molecular flexibility index (Phi) is 7.50. The van der Waals surface area contributed by atoms with Crippen molar-refractivity contribution in [3.8, 4) is 0 Å². The minimum absolute atomic E-state index is 0.0568. The number of nitrogens with one attached hydrogen (secondary N) is 2. The van der Waals surface area contributed by atoms with Crippen LogP contribution in [0.2, 0.25) is 0 Å². The molecule has 0 atom stereocenters. The molecule has 1 aliphatic carbocycles. The molecule has 0 aromatic carbocycles. The van der Waals surface area contributed by atoms with Crippen molar-refractivity contribution >= 4 is 17.8 Å². The monoisotopic (exact) mass is 377 g/mol. The van der Waals surface area contributed by atoms with Gasteiger partial charge in [-0.2, -0.15) is 0 Å². The highest BCUT2D eigenvalue weighted by Crippen LogP contribution is 2.26.